The van der Waals surface area contributed by atoms with Crippen molar-refractivity contribution in [3.8, 4) is 0 Å². The number of hydrogen-bond donors (Lipinski definition) is 0. The van der Waals surface area contributed by atoms with Gasteiger partial charge in [0.1, 0.15) is 0 Å². The molecule has 0 unspecified atom stereocenters. The Kier molecular flexibility index (Phi) is 3.38. The van der Waals surface area contributed by atoms with Gasteiger partial charge in [-0.25, -0.2) is 0 Å². The summed E-state index contributed by atoms with van der Waals surface area (Å²) in [4.78, 5) is 4.98. The monoisotopic (exact) mass is 321 g/mol. The minimum Gasteiger partial charge on any atom is -0.313 e. The summed E-state index contributed by atoms with van der Waals surface area (Å²) >= 11 is 0. The summed E-state index contributed by atoms with van der Waals surface area (Å²) in [6.45, 7) is 16.3. The molecule has 0 saturated carbocycles. The molecule has 126 valence electrons. The largest absolute Gasteiger partial charge is 0.313 e. The van der Waals surface area contributed by atoms with Crippen molar-refractivity contribution >= 4 is 22.2 Å². The number of aromatic nitrogens is 1. The Balaban J connectivity index is 2.15. The predicted octanol–water partition coefficient (Wildman–Crippen LogP) is 4.41. The highest BCUT2D eigenvalue weighted by Gasteiger charge is 2.36. The zero-order valence-electron chi connectivity index (χ0n) is 15.3. The average Bonchev–Trinajstić information content (AvgIpc) is 2.78. The van der Waals surface area contributed by atoms with Crippen molar-refractivity contribution in [2.45, 2.75) is 40.5 Å². The normalized spacial score (nSPS) is 18.5. The highest BCUT2D eigenvalue weighted by Crippen LogP contribution is 2.43. The maximum atomic E-state index is 4.98. The second-order valence-electron chi connectivity index (χ2n) is 7.86. The smallest absolute Gasteiger partial charge is 0.0711 e. The zero-order valence-corrected chi connectivity index (χ0v) is 15.3. The van der Waals surface area contributed by atoms with E-state index in [0.717, 1.165) is 38.0 Å². The molecule has 1 aromatic heterocycles. The Bertz CT molecular complexity index is 863. The third kappa shape index (κ3) is 2.07. The molecule has 24 heavy (non-hydrogen) atoms. The second kappa shape index (κ2) is 5.23. The molecular weight excluding hydrogens is 294 g/mol. The van der Waals surface area contributed by atoms with E-state index in [0.29, 0.717) is 0 Å². The Labute approximate surface area is 144 Å². The third-order valence-electron chi connectivity index (χ3n) is 5.50. The van der Waals surface area contributed by atoms with Crippen LogP contribution in [0.25, 0.3) is 16.5 Å². The van der Waals surface area contributed by atoms with Gasteiger partial charge in [0.25, 0.3) is 0 Å². The fourth-order valence-corrected chi connectivity index (χ4v) is 4.44. The van der Waals surface area contributed by atoms with Crippen molar-refractivity contribution in [3.05, 3.63) is 41.6 Å². The molecule has 0 N–H and O–H groups in total. The highest BCUT2D eigenvalue weighted by atomic mass is 15.5. The molecule has 3 nitrogen and oxygen atoms in total. The summed E-state index contributed by atoms with van der Waals surface area (Å²) in [6, 6.07) is 6.65. The van der Waals surface area contributed by atoms with Gasteiger partial charge in [0.2, 0.25) is 0 Å². The Morgan fingerprint density at radius 2 is 1.96 bits per heavy atom. The Morgan fingerprint density at radius 1 is 1.21 bits per heavy atom. The zero-order chi connectivity index (χ0) is 17.1. The van der Waals surface area contributed by atoms with E-state index in [2.05, 4.69) is 62.2 Å². The van der Waals surface area contributed by atoms with Gasteiger partial charge in [0, 0.05) is 29.8 Å². The molecule has 1 aliphatic carbocycles. The fourth-order valence-electron chi connectivity index (χ4n) is 4.44. The summed E-state index contributed by atoms with van der Waals surface area (Å²) in [5.74, 6) is 0. The molecule has 0 bridgehead atoms. The molecule has 0 atom stereocenters. The van der Waals surface area contributed by atoms with Crippen molar-refractivity contribution in [2.24, 2.45) is 10.4 Å². The van der Waals surface area contributed by atoms with Gasteiger partial charge in [0.15, 0.2) is 0 Å². The van der Waals surface area contributed by atoms with E-state index in [9.17, 15) is 0 Å². The number of aliphatic imine (C=N–C) groups is 1. The summed E-state index contributed by atoms with van der Waals surface area (Å²) in [6.07, 6.45) is 2.15. The molecule has 0 fully saturated rings. The molecule has 0 saturated heterocycles. The minimum absolute atomic E-state index is 0.247. The van der Waals surface area contributed by atoms with Crippen LogP contribution in [0.1, 0.15) is 50.9 Å². The van der Waals surface area contributed by atoms with Crippen molar-refractivity contribution in [1.82, 2.24) is 4.68 Å². The van der Waals surface area contributed by atoms with Crippen molar-refractivity contribution in [3.63, 3.8) is 0 Å². The van der Waals surface area contributed by atoms with Crippen molar-refractivity contribution in [2.75, 3.05) is 24.6 Å². The Hall–Kier alpha value is -2.03. The number of rotatable bonds is 3. The molecule has 0 spiro atoms. The molecule has 2 aliphatic rings. The first kappa shape index (κ1) is 15.5. The lowest BCUT2D eigenvalue weighted by Gasteiger charge is -2.34. The average molecular weight is 321 g/mol. The molecule has 1 aromatic carbocycles. The first-order valence-electron chi connectivity index (χ1n) is 9.10. The van der Waals surface area contributed by atoms with Crippen LogP contribution < -0.4 is 5.01 Å². The van der Waals surface area contributed by atoms with Crippen LogP contribution in [-0.4, -0.2) is 30.0 Å². The lowest BCUT2D eigenvalue weighted by atomic mass is 9.75. The van der Waals surface area contributed by atoms with E-state index >= 15 is 0 Å². The minimum atomic E-state index is 0.247. The lowest BCUT2D eigenvalue weighted by molar-refractivity contribution is 0.360. The molecular formula is C21H27N3. The van der Waals surface area contributed by atoms with E-state index in [-0.39, 0.29) is 5.41 Å². The van der Waals surface area contributed by atoms with E-state index in [1.165, 1.54) is 33.4 Å². The summed E-state index contributed by atoms with van der Waals surface area (Å²) < 4.78 is 2.48. The standard InChI is InChI=1S/C21H27N3/c1-6-23(7-2)24-17-10-8-9-15-14(3)13-22-16-11-21(4,5)12-18(24)20(16)19(15)17/h8-10H,3,6-7,11-13H2,1-2,4-5H3. The van der Waals surface area contributed by atoms with Gasteiger partial charge in [-0.05, 0) is 49.3 Å². The van der Waals surface area contributed by atoms with Crippen LogP contribution >= 0.6 is 0 Å². The molecule has 2 aromatic rings. The third-order valence-corrected chi connectivity index (χ3v) is 5.50. The van der Waals surface area contributed by atoms with E-state index in [4.69, 9.17) is 4.99 Å². The molecule has 2 heterocycles. The van der Waals surface area contributed by atoms with E-state index in [1.807, 2.05) is 0 Å². The van der Waals surface area contributed by atoms with E-state index in [1.54, 1.807) is 0 Å². The van der Waals surface area contributed by atoms with Crippen LogP contribution in [0, 0.1) is 5.41 Å². The van der Waals surface area contributed by atoms with Crippen LogP contribution in [-0.2, 0) is 6.42 Å². The van der Waals surface area contributed by atoms with Gasteiger partial charge in [-0.3, -0.25) is 9.67 Å². The number of benzene rings is 1. The summed E-state index contributed by atoms with van der Waals surface area (Å²) in [5.41, 5.74) is 8.10. The van der Waals surface area contributed by atoms with Gasteiger partial charge < -0.3 is 5.01 Å². The topological polar surface area (TPSA) is 20.5 Å². The highest BCUT2D eigenvalue weighted by molar-refractivity contribution is 6.17. The summed E-state index contributed by atoms with van der Waals surface area (Å²) in [7, 11) is 0. The van der Waals surface area contributed by atoms with Crippen LogP contribution in [0.3, 0.4) is 0 Å². The van der Waals surface area contributed by atoms with Gasteiger partial charge in [0.05, 0.1) is 17.8 Å². The van der Waals surface area contributed by atoms with Gasteiger partial charge in [-0.1, -0.05) is 32.6 Å². The van der Waals surface area contributed by atoms with Gasteiger partial charge >= 0.3 is 0 Å². The lowest BCUT2D eigenvalue weighted by Crippen LogP contribution is -2.38. The first-order valence-corrected chi connectivity index (χ1v) is 9.10. The molecule has 0 radical (unpaired) electrons. The van der Waals surface area contributed by atoms with Gasteiger partial charge in [-0.2, -0.15) is 0 Å². The number of nitrogens with zero attached hydrogens (tertiary/aromatic N) is 3. The van der Waals surface area contributed by atoms with Crippen LogP contribution in [0.4, 0.5) is 0 Å². The van der Waals surface area contributed by atoms with Crippen LogP contribution in [0.2, 0.25) is 0 Å². The van der Waals surface area contributed by atoms with E-state index < -0.39 is 0 Å². The van der Waals surface area contributed by atoms with Crippen molar-refractivity contribution < 1.29 is 0 Å². The van der Waals surface area contributed by atoms with Crippen LogP contribution in [0.15, 0.2) is 29.8 Å². The Morgan fingerprint density at radius 3 is 2.67 bits per heavy atom. The second-order valence-corrected chi connectivity index (χ2v) is 7.86. The maximum Gasteiger partial charge on any atom is 0.0711 e. The fraction of sp³-hybridized carbons (Fsp3) is 0.476. The molecule has 1 aliphatic heterocycles. The summed E-state index contributed by atoms with van der Waals surface area (Å²) in [5, 5.41) is 3.81. The van der Waals surface area contributed by atoms with Gasteiger partial charge in [-0.15, -0.1) is 0 Å². The van der Waals surface area contributed by atoms with Crippen molar-refractivity contribution in [1.29, 1.82) is 0 Å². The molecule has 3 heteroatoms. The molecule has 0 amide bonds. The SMILES string of the molecule is C=C1CN=C2CC(C)(C)Cc3c2c2c1cccc2n3N(CC)CC. The quantitative estimate of drug-likeness (QED) is 0.820. The predicted molar refractivity (Wildman–Crippen MR) is 104 cm³/mol. The number of hydrogen-bond acceptors (Lipinski definition) is 2. The first-order chi connectivity index (χ1) is 11.5. The molecule has 4 rings (SSSR count). The maximum absolute atomic E-state index is 4.98. The van der Waals surface area contributed by atoms with Crippen LogP contribution in [0.5, 0.6) is 0 Å².